The summed E-state index contributed by atoms with van der Waals surface area (Å²) in [4.78, 5) is 39.8. The van der Waals surface area contributed by atoms with E-state index in [-0.39, 0.29) is 17.9 Å². The Bertz CT molecular complexity index is 371. The number of hydroxylamine groups is 2. The van der Waals surface area contributed by atoms with Gasteiger partial charge in [-0.15, -0.1) is 5.06 Å². The first-order chi connectivity index (χ1) is 8.12. The normalized spacial score (nSPS) is 20.6. The fraction of sp³-hybridized carbons (Fsp3) is 0.750. The Morgan fingerprint density at radius 3 is 2.33 bits per heavy atom. The summed E-state index contributed by atoms with van der Waals surface area (Å²) in [5.74, 6) is -1.37. The molecule has 1 aliphatic rings. The lowest BCUT2D eigenvalue weighted by molar-refractivity contribution is -0.173. The number of nitrogens with zero attached hydrogens (tertiary/aromatic N) is 1. The smallest absolute Gasteiger partial charge is 0.317 e. The molecule has 102 valence electrons. The van der Waals surface area contributed by atoms with Crippen LogP contribution in [0.1, 0.15) is 41.0 Å². The highest BCUT2D eigenvalue weighted by Gasteiger charge is 2.47. The van der Waals surface area contributed by atoms with E-state index in [2.05, 4.69) is 5.32 Å². The van der Waals surface area contributed by atoms with Crippen LogP contribution in [-0.2, 0) is 14.4 Å². The third-order valence-electron chi connectivity index (χ3n) is 2.73. The van der Waals surface area contributed by atoms with Crippen molar-refractivity contribution in [2.75, 3.05) is 0 Å². The summed E-state index contributed by atoms with van der Waals surface area (Å²) in [6, 6.07) is -0.122. The van der Waals surface area contributed by atoms with E-state index in [9.17, 15) is 14.4 Å². The van der Waals surface area contributed by atoms with E-state index in [1.54, 1.807) is 13.8 Å². The van der Waals surface area contributed by atoms with Gasteiger partial charge in [0.2, 0.25) is 0 Å². The van der Waals surface area contributed by atoms with Gasteiger partial charge in [0.25, 0.3) is 11.8 Å². The van der Waals surface area contributed by atoms with Gasteiger partial charge in [-0.2, -0.15) is 0 Å². The predicted molar refractivity (Wildman–Crippen MR) is 64.2 cm³/mol. The predicted octanol–water partition coefficient (Wildman–Crippen LogP) is 1.46. The summed E-state index contributed by atoms with van der Waals surface area (Å²) in [5.41, 5.74) is -0.334. The zero-order valence-corrected chi connectivity index (χ0v) is 11.4. The highest BCUT2D eigenvalue weighted by molar-refractivity contribution is 6.03. The van der Waals surface area contributed by atoms with Crippen molar-refractivity contribution in [1.82, 2.24) is 10.4 Å². The number of imide groups is 1. The van der Waals surface area contributed by atoms with Crippen molar-refractivity contribution in [3.05, 3.63) is 0 Å². The second-order valence-corrected chi connectivity index (χ2v) is 5.83. The van der Waals surface area contributed by atoms with Gasteiger partial charge in [-0.25, -0.2) is 4.79 Å². The standard InChI is InChI=1S/C12H20N2O4/c1-7(2)13-11(17)18-14-9(15)6-8(10(14)16)12(3,4)5/h7-8H,6H2,1-5H3,(H,13,17). The summed E-state index contributed by atoms with van der Waals surface area (Å²) in [5, 5.41) is 3.03. The third kappa shape index (κ3) is 3.21. The SMILES string of the molecule is CC(C)NC(=O)ON1C(=O)CC(C(C)(C)C)C1=O. The zero-order chi connectivity index (χ0) is 14.1. The van der Waals surface area contributed by atoms with Crippen molar-refractivity contribution in [2.24, 2.45) is 11.3 Å². The molecule has 1 atom stereocenters. The van der Waals surface area contributed by atoms with Crippen LogP contribution in [0.15, 0.2) is 0 Å². The summed E-state index contributed by atoms with van der Waals surface area (Å²) in [7, 11) is 0. The number of carbonyl (C=O) groups is 3. The van der Waals surface area contributed by atoms with Crippen molar-refractivity contribution in [3.8, 4) is 0 Å². The van der Waals surface area contributed by atoms with Crippen molar-refractivity contribution in [2.45, 2.75) is 47.1 Å². The van der Waals surface area contributed by atoms with Gasteiger partial charge in [-0.3, -0.25) is 9.59 Å². The quantitative estimate of drug-likeness (QED) is 0.759. The van der Waals surface area contributed by atoms with Gasteiger partial charge in [0.1, 0.15) is 0 Å². The Morgan fingerprint density at radius 2 is 1.94 bits per heavy atom. The van der Waals surface area contributed by atoms with Crippen LogP contribution in [0.25, 0.3) is 0 Å². The molecule has 0 aromatic carbocycles. The number of rotatable bonds is 2. The number of hydrogen-bond acceptors (Lipinski definition) is 4. The Balaban J connectivity index is 2.71. The number of amides is 3. The van der Waals surface area contributed by atoms with Crippen molar-refractivity contribution in [3.63, 3.8) is 0 Å². The van der Waals surface area contributed by atoms with E-state index in [4.69, 9.17) is 4.84 Å². The minimum Gasteiger partial charge on any atom is -0.317 e. The molecule has 1 saturated heterocycles. The van der Waals surface area contributed by atoms with E-state index >= 15 is 0 Å². The van der Waals surface area contributed by atoms with E-state index < -0.39 is 23.8 Å². The lowest BCUT2D eigenvalue weighted by Crippen LogP contribution is -2.41. The molecular formula is C12H20N2O4. The topological polar surface area (TPSA) is 75.7 Å². The summed E-state index contributed by atoms with van der Waals surface area (Å²) < 4.78 is 0. The average Bonchev–Trinajstić information content (AvgIpc) is 2.43. The summed E-state index contributed by atoms with van der Waals surface area (Å²) >= 11 is 0. The maximum atomic E-state index is 12.0. The molecule has 0 radical (unpaired) electrons. The third-order valence-corrected chi connectivity index (χ3v) is 2.73. The van der Waals surface area contributed by atoms with E-state index in [0.717, 1.165) is 0 Å². The highest BCUT2D eigenvalue weighted by Crippen LogP contribution is 2.35. The van der Waals surface area contributed by atoms with Crippen molar-refractivity contribution < 1.29 is 19.2 Å². The van der Waals surface area contributed by atoms with Crippen LogP contribution in [-0.4, -0.2) is 29.0 Å². The molecular weight excluding hydrogens is 236 g/mol. The molecule has 1 fully saturated rings. The number of hydrogen-bond donors (Lipinski definition) is 1. The van der Waals surface area contributed by atoms with Crippen LogP contribution in [0.2, 0.25) is 0 Å². The number of carbonyl (C=O) groups excluding carboxylic acids is 3. The van der Waals surface area contributed by atoms with Gasteiger partial charge in [-0.1, -0.05) is 20.8 Å². The molecule has 1 aliphatic heterocycles. The van der Waals surface area contributed by atoms with E-state index in [0.29, 0.717) is 5.06 Å². The molecule has 0 aromatic heterocycles. The molecule has 6 nitrogen and oxygen atoms in total. The molecule has 6 heteroatoms. The first-order valence-corrected chi connectivity index (χ1v) is 5.98. The molecule has 1 unspecified atom stereocenters. The fourth-order valence-corrected chi connectivity index (χ4v) is 1.73. The van der Waals surface area contributed by atoms with Crippen LogP contribution in [0.5, 0.6) is 0 Å². The second kappa shape index (κ2) is 4.96. The maximum Gasteiger partial charge on any atom is 0.432 e. The highest BCUT2D eigenvalue weighted by atomic mass is 16.7. The Kier molecular flexibility index (Phi) is 3.98. The molecule has 3 amide bonds. The van der Waals surface area contributed by atoms with Gasteiger partial charge in [0, 0.05) is 12.5 Å². The monoisotopic (exact) mass is 256 g/mol. The zero-order valence-electron chi connectivity index (χ0n) is 11.4. The van der Waals surface area contributed by atoms with Gasteiger partial charge < -0.3 is 10.2 Å². The molecule has 1 N–H and O–H groups in total. The van der Waals surface area contributed by atoms with Gasteiger partial charge >= 0.3 is 6.09 Å². The second-order valence-electron chi connectivity index (χ2n) is 5.83. The summed E-state index contributed by atoms with van der Waals surface area (Å²) in [6.07, 6.45) is -0.710. The minimum absolute atomic E-state index is 0.0806. The van der Waals surface area contributed by atoms with Crippen LogP contribution >= 0.6 is 0 Å². The molecule has 0 bridgehead atoms. The first-order valence-electron chi connectivity index (χ1n) is 5.98. The van der Waals surface area contributed by atoms with E-state index in [1.807, 2.05) is 20.8 Å². The molecule has 18 heavy (non-hydrogen) atoms. The van der Waals surface area contributed by atoms with Crippen LogP contribution < -0.4 is 5.32 Å². The largest absolute Gasteiger partial charge is 0.432 e. The first kappa shape index (κ1) is 14.5. The number of nitrogens with one attached hydrogen (secondary N) is 1. The van der Waals surface area contributed by atoms with Crippen molar-refractivity contribution in [1.29, 1.82) is 0 Å². The fourth-order valence-electron chi connectivity index (χ4n) is 1.73. The van der Waals surface area contributed by atoms with Crippen LogP contribution in [0.4, 0.5) is 4.79 Å². The minimum atomic E-state index is -0.791. The lowest BCUT2D eigenvalue weighted by Gasteiger charge is -2.24. The van der Waals surface area contributed by atoms with Crippen LogP contribution in [0, 0.1) is 11.3 Å². The molecule has 0 saturated carbocycles. The maximum absolute atomic E-state index is 12.0. The van der Waals surface area contributed by atoms with E-state index in [1.165, 1.54) is 0 Å². The van der Waals surface area contributed by atoms with Crippen LogP contribution in [0.3, 0.4) is 0 Å². The van der Waals surface area contributed by atoms with Gasteiger partial charge in [0.05, 0.1) is 5.92 Å². The molecule has 0 aliphatic carbocycles. The van der Waals surface area contributed by atoms with Gasteiger partial charge in [0.15, 0.2) is 0 Å². The molecule has 1 heterocycles. The lowest BCUT2D eigenvalue weighted by atomic mass is 9.80. The molecule has 1 rings (SSSR count). The Morgan fingerprint density at radius 1 is 1.39 bits per heavy atom. The molecule has 0 aromatic rings. The Hall–Kier alpha value is -1.59. The summed E-state index contributed by atoms with van der Waals surface area (Å²) in [6.45, 7) is 9.14. The van der Waals surface area contributed by atoms with Crippen molar-refractivity contribution >= 4 is 17.9 Å². The van der Waals surface area contributed by atoms with Gasteiger partial charge in [-0.05, 0) is 19.3 Å². The average molecular weight is 256 g/mol. The Labute approximate surface area is 107 Å². The molecule has 0 spiro atoms.